The van der Waals surface area contributed by atoms with Crippen LogP contribution >= 0.6 is 0 Å². The molecule has 27 heavy (non-hydrogen) atoms. The van der Waals surface area contributed by atoms with Gasteiger partial charge in [-0.25, -0.2) is 35.1 Å². The Morgan fingerprint density at radius 1 is 0.630 bits per heavy atom. The van der Waals surface area contributed by atoms with Crippen molar-refractivity contribution in [2.24, 2.45) is 0 Å². The van der Waals surface area contributed by atoms with Gasteiger partial charge in [0.2, 0.25) is 20.0 Å². The summed E-state index contributed by atoms with van der Waals surface area (Å²) in [5.41, 5.74) is 1.44. The molecule has 0 radical (unpaired) electrons. The third-order valence-corrected chi connectivity index (χ3v) is 7.38. The molecular formula is C17H20F2N2O4S2. The molecule has 2 rings (SSSR count). The van der Waals surface area contributed by atoms with E-state index in [0.29, 0.717) is 12.8 Å². The molecule has 0 atom stereocenters. The van der Waals surface area contributed by atoms with Gasteiger partial charge in [-0.15, -0.1) is 0 Å². The molecule has 148 valence electrons. The molecule has 0 aromatic heterocycles. The van der Waals surface area contributed by atoms with Gasteiger partial charge < -0.3 is 0 Å². The molecule has 0 unspecified atom stereocenters. The lowest BCUT2D eigenvalue weighted by molar-refractivity contribution is 0.573. The summed E-state index contributed by atoms with van der Waals surface area (Å²) in [6.45, 7) is -0.00185. The fourth-order valence-electron chi connectivity index (χ4n) is 2.29. The Balaban J connectivity index is 1.78. The highest BCUT2D eigenvalue weighted by atomic mass is 32.3. The quantitative estimate of drug-likeness (QED) is 0.612. The lowest BCUT2D eigenvalue weighted by Gasteiger charge is -2.09. The second-order valence-corrected chi connectivity index (χ2v) is 9.87. The van der Waals surface area contributed by atoms with Crippen LogP contribution in [0.4, 0.5) is 8.78 Å². The highest BCUT2D eigenvalue weighted by molar-refractivity contribution is 8.06. The zero-order chi connectivity index (χ0) is 19.9. The summed E-state index contributed by atoms with van der Waals surface area (Å²) in [5, 5.41) is -1.09. The summed E-state index contributed by atoms with van der Waals surface area (Å²) in [6.07, 6.45) is 0.606. The monoisotopic (exact) mass is 418 g/mol. The first-order valence-electron chi connectivity index (χ1n) is 8.09. The average Bonchev–Trinajstić information content (AvgIpc) is 2.57. The molecule has 0 aliphatic heterocycles. The summed E-state index contributed by atoms with van der Waals surface area (Å²) < 4.78 is 77.8. The second kappa shape index (κ2) is 9.36. The highest BCUT2D eigenvalue weighted by Gasteiger charge is 2.21. The van der Waals surface area contributed by atoms with Crippen LogP contribution in [0, 0.1) is 11.6 Å². The summed E-state index contributed by atoms with van der Waals surface area (Å²) in [7, 11) is -8.08. The van der Waals surface area contributed by atoms with Crippen LogP contribution in [-0.2, 0) is 32.9 Å². The van der Waals surface area contributed by atoms with E-state index in [0.717, 1.165) is 11.1 Å². The van der Waals surface area contributed by atoms with E-state index in [4.69, 9.17) is 0 Å². The van der Waals surface area contributed by atoms with Crippen molar-refractivity contribution in [3.8, 4) is 0 Å². The molecule has 0 fully saturated rings. The SMILES string of the molecule is O=S(=O)(CS(=O)(=O)NCCc1ccc(F)cc1)NCCc1ccc(F)cc1. The van der Waals surface area contributed by atoms with Gasteiger partial charge in [0.25, 0.3) is 0 Å². The largest absolute Gasteiger partial charge is 0.227 e. The maximum absolute atomic E-state index is 12.8. The average molecular weight is 418 g/mol. The fourth-order valence-corrected chi connectivity index (χ4v) is 5.42. The summed E-state index contributed by atoms with van der Waals surface area (Å²) >= 11 is 0. The molecule has 0 spiro atoms. The second-order valence-electron chi connectivity index (χ2n) is 5.89. The highest BCUT2D eigenvalue weighted by Crippen LogP contribution is 2.04. The molecular weight excluding hydrogens is 398 g/mol. The summed E-state index contributed by atoms with van der Waals surface area (Å²) in [5.74, 6) is -0.783. The number of hydrogen-bond donors (Lipinski definition) is 2. The Labute approximate surface area is 157 Å². The lowest BCUT2D eigenvalue weighted by atomic mass is 10.1. The van der Waals surface area contributed by atoms with Crippen LogP contribution in [0.2, 0.25) is 0 Å². The zero-order valence-electron chi connectivity index (χ0n) is 14.4. The van der Waals surface area contributed by atoms with E-state index in [1.165, 1.54) is 48.5 Å². The van der Waals surface area contributed by atoms with E-state index in [-0.39, 0.29) is 13.1 Å². The molecule has 2 aromatic rings. The van der Waals surface area contributed by atoms with Crippen molar-refractivity contribution in [2.75, 3.05) is 18.2 Å². The van der Waals surface area contributed by atoms with Crippen LogP contribution in [0.5, 0.6) is 0 Å². The van der Waals surface area contributed by atoms with Gasteiger partial charge in [-0.1, -0.05) is 24.3 Å². The van der Waals surface area contributed by atoms with Crippen LogP contribution in [0.1, 0.15) is 11.1 Å². The van der Waals surface area contributed by atoms with Gasteiger partial charge in [0.1, 0.15) is 11.6 Å². The van der Waals surface area contributed by atoms with Gasteiger partial charge in [0.05, 0.1) is 0 Å². The van der Waals surface area contributed by atoms with E-state index < -0.39 is 36.8 Å². The van der Waals surface area contributed by atoms with Gasteiger partial charge in [0, 0.05) is 13.1 Å². The van der Waals surface area contributed by atoms with Crippen molar-refractivity contribution in [1.82, 2.24) is 9.44 Å². The predicted octanol–water partition coefficient (Wildman–Crippen LogP) is 1.55. The molecule has 6 nitrogen and oxygen atoms in total. The Bertz CT molecular complexity index is 866. The molecule has 0 bridgehead atoms. The van der Waals surface area contributed by atoms with Gasteiger partial charge in [-0.2, -0.15) is 0 Å². The molecule has 2 aromatic carbocycles. The first kappa shape index (κ1) is 21.4. The molecule has 0 heterocycles. The molecule has 0 saturated carbocycles. The van der Waals surface area contributed by atoms with Crippen LogP contribution in [0.25, 0.3) is 0 Å². The molecule has 10 heteroatoms. The van der Waals surface area contributed by atoms with Crippen LogP contribution in [0.3, 0.4) is 0 Å². The smallest absolute Gasteiger partial charge is 0.214 e. The van der Waals surface area contributed by atoms with E-state index in [2.05, 4.69) is 9.44 Å². The first-order chi connectivity index (χ1) is 12.7. The first-order valence-corrected chi connectivity index (χ1v) is 11.4. The van der Waals surface area contributed by atoms with Crippen molar-refractivity contribution >= 4 is 20.0 Å². The van der Waals surface area contributed by atoms with E-state index in [9.17, 15) is 25.6 Å². The number of benzene rings is 2. The van der Waals surface area contributed by atoms with Crippen molar-refractivity contribution in [3.05, 3.63) is 71.3 Å². The van der Waals surface area contributed by atoms with Crippen molar-refractivity contribution in [1.29, 1.82) is 0 Å². The Morgan fingerprint density at radius 3 is 1.30 bits per heavy atom. The minimum atomic E-state index is -4.04. The number of hydrogen-bond acceptors (Lipinski definition) is 4. The molecule has 0 aliphatic rings. The van der Waals surface area contributed by atoms with E-state index in [1.54, 1.807) is 0 Å². The van der Waals surface area contributed by atoms with Gasteiger partial charge in [0.15, 0.2) is 5.08 Å². The van der Waals surface area contributed by atoms with E-state index in [1.807, 2.05) is 0 Å². The topological polar surface area (TPSA) is 92.3 Å². The Kier molecular flexibility index (Phi) is 7.42. The van der Waals surface area contributed by atoms with E-state index >= 15 is 0 Å². The van der Waals surface area contributed by atoms with Crippen LogP contribution in [0.15, 0.2) is 48.5 Å². The predicted molar refractivity (Wildman–Crippen MR) is 98.9 cm³/mol. The Hall–Kier alpha value is -1.88. The van der Waals surface area contributed by atoms with Gasteiger partial charge in [-0.3, -0.25) is 0 Å². The summed E-state index contributed by atoms with van der Waals surface area (Å²) in [6, 6.07) is 11.2. The number of halogens is 2. The molecule has 0 amide bonds. The van der Waals surface area contributed by atoms with Crippen molar-refractivity contribution in [3.63, 3.8) is 0 Å². The molecule has 0 aliphatic carbocycles. The third kappa shape index (κ3) is 8.12. The molecule has 0 saturated heterocycles. The number of nitrogens with one attached hydrogen (secondary N) is 2. The Morgan fingerprint density at radius 2 is 0.963 bits per heavy atom. The van der Waals surface area contributed by atoms with Crippen molar-refractivity contribution in [2.45, 2.75) is 12.8 Å². The van der Waals surface area contributed by atoms with Gasteiger partial charge >= 0.3 is 0 Å². The third-order valence-electron chi connectivity index (χ3n) is 3.61. The van der Waals surface area contributed by atoms with Crippen molar-refractivity contribution < 1.29 is 25.6 Å². The minimum absolute atomic E-state index is 0.000927. The maximum Gasteiger partial charge on any atom is 0.227 e. The minimum Gasteiger partial charge on any atom is -0.214 e. The summed E-state index contributed by atoms with van der Waals surface area (Å²) in [4.78, 5) is 0. The zero-order valence-corrected chi connectivity index (χ0v) is 16.0. The number of rotatable bonds is 10. The fraction of sp³-hybridized carbons (Fsp3) is 0.294. The normalized spacial score (nSPS) is 12.2. The van der Waals surface area contributed by atoms with Crippen LogP contribution in [-0.4, -0.2) is 35.0 Å². The van der Waals surface area contributed by atoms with Crippen LogP contribution < -0.4 is 9.44 Å². The number of sulfonamides is 2. The standard InChI is InChI=1S/C17H20F2N2O4S2/c18-16-5-1-14(2-6-16)9-11-20-26(22,23)13-27(24,25)21-12-10-15-3-7-17(19)8-4-15/h1-8,20-21H,9-13H2. The molecule has 2 N–H and O–H groups in total. The maximum atomic E-state index is 12.8. The lowest BCUT2D eigenvalue weighted by Crippen LogP contribution is -2.37. The van der Waals surface area contributed by atoms with Gasteiger partial charge in [-0.05, 0) is 48.2 Å².